The second-order valence-electron chi connectivity index (χ2n) is 6.08. The molecule has 6 heteroatoms. The fraction of sp³-hybridized carbons (Fsp3) is 0.150. The minimum absolute atomic E-state index is 0.287. The number of fused-ring (bicyclic) bond motifs is 1. The number of nitrogens with zero attached hydrogens (tertiary/aromatic N) is 3. The van der Waals surface area contributed by atoms with E-state index in [0.29, 0.717) is 18.2 Å². The average molecular weight is 348 g/mol. The van der Waals surface area contributed by atoms with Gasteiger partial charge in [-0.15, -0.1) is 0 Å². The lowest BCUT2D eigenvalue weighted by Gasteiger charge is -2.17. The van der Waals surface area contributed by atoms with E-state index in [-0.39, 0.29) is 11.7 Å². The highest BCUT2D eigenvalue weighted by Crippen LogP contribution is 2.31. The van der Waals surface area contributed by atoms with Gasteiger partial charge in [0.25, 0.3) is 5.91 Å². The maximum absolute atomic E-state index is 12.9. The van der Waals surface area contributed by atoms with Gasteiger partial charge in [0.05, 0.1) is 0 Å². The molecule has 0 unspecified atom stereocenters. The third-order valence-electron chi connectivity index (χ3n) is 4.37. The Labute approximate surface area is 150 Å². The summed E-state index contributed by atoms with van der Waals surface area (Å²) < 4.78 is 12.9. The smallest absolute Gasteiger partial charge is 0.270 e. The highest BCUT2D eigenvalue weighted by atomic mass is 19.1. The molecule has 0 bridgehead atoms. The highest BCUT2D eigenvalue weighted by Gasteiger charge is 2.22. The van der Waals surface area contributed by atoms with Crippen LogP contribution < -0.4 is 10.2 Å². The van der Waals surface area contributed by atoms with Crippen LogP contribution in [-0.4, -0.2) is 22.4 Å². The van der Waals surface area contributed by atoms with Gasteiger partial charge in [-0.05, 0) is 41.8 Å². The van der Waals surface area contributed by atoms with E-state index < -0.39 is 0 Å². The Bertz CT molecular complexity index is 943. The number of benzene rings is 2. The minimum atomic E-state index is -0.300. The molecule has 0 saturated heterocycles. The molecule has 3 aromatic rings. The average Bonchev–Trinajstić information content (AvgIpc) is 3.11. The number of halogens is 1. The Kier molecular flexibility index (Phi) is 4.31. The normalized spacial score (nSPS) is 12.7. The lowest BCUT2D eigenvalue weighted by atomic mass is 10.2. The predicted molar refractivity (Wildman–Crippen MR) is 96.8 cm³/mol. The summed E-state index contributed by atoms with van der Waals surface area (Å²) in [6.45, 7) is 1.10. The second kappa shape index (κ2) is 6.92. The van der Waals surface area contributed by atoms with Crippen molar-refractivity contribution in [3.8, 4) is 0 Å². The zero-order chi connectivity index (χ0) is 17.9. The molecule has 1 aliphatic heterocycles. The molecule has 0 saturated carbocycles. The van der Waals surface area contributed by atoms with Gasteiger partial charge in [0.2, 0.25) is 5.95 Å². The topological polar surface area (TPSA) is 58.1 Å². The van der Waals surface area contributed by atoms with Crippen molar-refractivity contribution in [3.63, 3.8) is 0 Å². The summed E-state index contributed by atoms with van der Waals surface area (Å²) in [6, 6.07) is 15.7. The van der Waals surface area contributed by atoms with Crippen molar-refractivity contribution in [2.24, 2.45) is 0 Å². The molecule has 0 spiro atoms. The Morgan fingerprint density at radius 3 is 2.77 bits per heavy atom. The molecule has 1 amide bonds. The van der Waals surface area contributed by atoms with Crippen LogP contribution >= 0.6 is 0 Å². The van der Waals surface area contributed by atoms with Crippen LogP contribution in [0, 0.1) is 5.82 Å². The van der Waals surface area contributed by atoms with Gasteiger partial charge in [0.15, 0.2) is 0 Å². The van der Waals surface area contributed by atoms with Crippen molar-refractivity contribution in [2.75, 3.05) is 11.4 Å². The summed E-state index contributed by atoms with van der Waals surface area (Å²) in [7, 11) is 0. The van der Waals surface area contributed by atoms with Gasteiger partial charge in [-0.1, -0.05) is 30.3 Å². The number of para-hydroxylation sites is 1. The number of amides is 1. The molecule has 0 fully saturated rings. The molecule has 0 atom stereocenters. The lowest BCUT2D eigenvalue weighted by molar-refractivity contribution is 0.0946. The van der Waals surface area contributed by atoms with Crippen LogP contribution in [0.25, 0.3) is 0 Å². The first-order valence-corrected chi connectivity index (χ1v) is 8.42. The summed E-state index contributed by atoms with van der Waals surface area (Å²) in [4.78, 5) is 23.2. The summed E-state index contributed by atoms with van der Waals surface area (Å²) in [6.07, 6.45) is 2.52. The number of hydrogen-bond acceptors (Lipinski definition) is 4. The molecule has 0 aliphatic carbocycles. The first-order valence-electron chi connectivity index (χ1n) is 8.42. The van der Waals surface area contributed by atoms with E-state index in [1.165, 1.54) is 17.7 Å². The van der Waals surface area contributed by atoms with E-state index in [9.17, 15) is 9.18 Å². The first kappa shape index (κ1) is 16.2. The number of carbonyl (C=O) groups is 1. The van der Waals surface area contributed by atoms with E-state index in [1.54, 1.807) is 24.4 Å². The van der Waals surface area contributed by atoms with Gasteiger partial charge in [0, 0.05) is 25.0 Å². The maximum atomic E-state index is 12.9. The van der Waals surface area contributed by atoms with E-state index in [4.69, 9.17) is 0 Å². The van der Waals surface area contributed by atoms with Crippen LogP contribution in [-0.2, 0) is 13.0 Å². The largest absolute Gasteiger partial charge is 0.347 e. The Morgan fingerprint density at radius 1 is 1.12 bits per heavy atom. The van der Waals surface area contributed by atoms with Crippen molar-refractivity contribution in [1.82, 2.24) is 15.3 Å². The van der Waals surface area contributed by atoms with Crippen molar-refractivity contribution in [2.45, 2.75) is 13.0 Å². The fourth-order valence-corrected chi connectivity index (χ4v) is 3.03. The van der Waals surface area contributed by atoms with Gasteiger partial charge >= 0.3 is 0 Å². The number of rotatable bonds is 4. The van der Waals surface area contributed by atoms with Gasteiger partial charge in [-0.25, -0.2) is 14.4 Å². The summed E-state index contributed by atoms with van der Waals surface area (Å²) in [5, 5.41) is 2.80. The molecule has 2 aromatic carbocycles. The molecule has 130 valence electrons. The third-order valence-corrected chi connectivity index (χ3v) is 4.37. The summed E-state index contributed by atoms with van der Waals surface area (Å²) >= 11 is 0. The van der Waals surface area contributed by atoms with Crippen LogP contribution in [0.4, 0.5) is 16.0 Å². The lowest BCUT2D eigenvalue weighted by Crippen LogP contribution is -2.25. The number of hydrogen-bond donors (Lipinski definition) is 1. The Morgan fingerprint density at radius 2 is 1.92 bits per heavy atom. The minimum Gasteiger partial charge on any atom is -0.347 e. The van der Waals surface area contributed by atoms with Gasteiger partial charge in [-0.2, -0.15) is 0 Å². The van der Waals surface area contributed by atoms with Crippen molar-refractivity contribution in [3.05, 3.63) is 83.4 Å². The molecule has 1 N–H and O–H groups in total. The van der Waals surface area contributed by atoms with Crippen molar-refractivity contribution < 1.29 is 9.18 Å². The summed E-state index contributed by atoms with van der Waals surface area (Å²) in [5.41, 5.74) is 3.46. The number of carbonyl (C=O) groups excluding carboxylic acids is 1. The Balaban J connectivity index is 1.49. The highest BCUT2D eigenvalue weighted by molar-refractivity contribution is 5.92. The SMILES string of the molecule is O=C(NCc1ccc(F)cc1)c1ccnc(N2CCc3ccccc32)n1. The summed E-state index contributed by atoms with van der Waals surface area (Å²) in [5.74, 6) is -0.0683. The zero-order valence-electron chi connectivity index (χ0n) is 14.0. The quantitative estimate of drug-likeness (QED) is 0.786. The zero-order valence-corrected chi connectivity index (χ0v) is 14.0. The van der Waals surface area contributed by atoms with E-state index in [1.807, 2.05) is 23.1 Å². The molecule has 4 rings (SSSR count). The molecule has 0 radical (unpaired) electrons. The monoisotopic (exact) mass is 348 g/mol. The second-order valence-corrected chi connectivity index (χ2v) is 6.08. The molecule has 5 nitrogen and oxygen atoms in total. The fourth-order valence-electron chi connectivity index (χ4n) is 3.03. The molecule has 1 aliphatic rings. The third kappa shape index (κ3) is 3.26. The maximum Gasteiger partial charge on any atom is 0.270 e. The van der Waals surface area contributed by atoms with Crippen LogP contribution in [0.1, 0.15) is 21.6 Å². The van der Waals surface area contributed by atoms with Gasteiger partial charge in [-0.3, -0.25) is 4.79 Å². The van der Waals surface area contributed by atoms with Crippen molar-refractivity contribution in [1.29, 1.82) is 0 Å². The van der Waals surface area contributed by atoms with Gasteiger partial charge in [0.1, 0.15) is 11.5 Å². The molecular formula is C20H17FN4O. The molecule has 1 aromatic heterocycles. The van der Waals surface area contributed by atoms with E-state index >= 15 is 0 Å². The number of nitrogens with one attached hydrogen (secondary N) is 1. The van der Waals surface area contributed by atoms with E-state index in [2.05, 4.69) is 21.4 Å². The van der Waals surface area contributed by atoms with Crippen LogP contribution in [0.3, 0.4) is 0 Å². The van der Waals surface area contributed by atoms with Gasteiger partial charge < -0.3 is 10.2 Å². The first-order chi connectivity index (χ1) is 12.7. The van der Waals surface area contributed by atoms with Crippen LogP contribution in [0.2, 0.25) is 0 Å². The van der Waals surface area contributed by atoms with Crippen LogP contribution in [0.15, 0.2) is 60.8 Å². The molecular weight excluding hydrogens is 331 g/mol. The molecule has 26 heavy (non-hydrogen) atoms. The standard InChI is InChI=1S/C20H17FN4O/c21-16-7-5-14(6-8-16)13-23-19(26)17-9-11-22-20(24-17)25-12-10-15-3-1-2-4-18(15)25/h1-9,11H,10,12-13H2,(H,23,26). The van der Waals surface area contributed by atoms with Crippen molar-refractivity contribution >= 4 is 17.5 Å². The predicted octanol–water partition coefficient (Wildman–Crippen LogP) is 3.24. The molecule has 2 heterocycles. The number of anilines is 2. The number of aromatic nitrogens is 2. The van der Waals surface area contributed by atoms with E-state index in [0.717, 1.165) is 24.2 Å². The Hall–Kier alpha value is -3.28. The van der Waals surface area contributed by atoms with Crippen LogP contribution in [0.5, 0.6) is 0 Å².